The van der Waals surface area contributed by atoms with E-state index in [0.717, 1.165) is 17.4 Å². The molecule has 1 heterocycles. The van der Waals surface area contributed by atoms with Gasteiger partial charge in [0, 0.05) is 39.6 Å². The van der Waals surface area contributed by atoms with E-state index in [-0.39, 0.29) is 11.4 Å². The summed E-state index contributed by atoms with van der Waals surface area (Å²) in [5.74, 6) is 0. The van der Waals surface area contributed by atoms with E-state index in [9.17, 15) is 14.9 Å². The van der Waals surface area contributed by atoms with Crippen molar-refractivity contribution in [2.45, 2.75) is 6.54 Å². The molecule has 0 unspecified atom stereocenters. The third-order valence-corrected chi connectivity index (χ3v) is 3.43. The topological polar surface area (TPSA) is 91.6 Å². The van der Waals surface area contributed by atoms with Gasteiger partial charge in [-0.1, -0.05) is 12.1 Å². The number of rotatable bonds is 5. The maximum Gasteiger partial charge on any atom is 0.322 e. The second-order valence-corrected chi connectivity index (χ2v) is 5.50. The Morgan fingerprint density at radius 1 is 1.29 bits per heavy atom. The van der Waals surface area contributed by atoms with Gasteiger partial charge in [0.2, 0.25) is 0 Å². The molecule has 0 aliphatic carbocycles. The zero-order chi connectivity index (χ0) is 17.7. The Balaban J connectivity index is 2.08. The van der Waals surface area contributed by atoms with Gasteiger partial charge in [-0.05, 0) is 23.8 Å². The smallest absolute Gasteiger partial charge is 0.322 e. The van der Waals surface area contributed by atoms with Crippen LogP contribution in [0, 0.1) is 10.1 Å². The fourth-order valence-corrected chi connectivity index (χ4v) is 2.13. The standard InChI is InChI=1S/C16H19N5O3/c1-19(2)13-6-4-5-12(9-13)11-20(3)16(22)18-14-7-8-17-10-15(14)21(23)24/h4-10H,11H2,1-3H3,(H,17,18,22). The van der Waals surface area contributed by atoms with Crippen molar-refractivity contribution in [3.8, 4) is 0 Å². The van der Waals surface area contributed by atoms with Gasteiger partial charge in [0.25, 0.3) is 0 Å². The van der Waals surface area contributed by atoms with Crippen LogP contribution in [0.15, 0.2) is 42.7 Å². The van der Waals surface area contributed by atoms with Crippen molar-refractivity contribution in [1.29, 1.82) is 0 Å². The van der Waals surface area contributed by atoms with Crippen LogP contribution in [0.4, 0.5) is 21.9 Å². The first-order chi connectivity index (χ1) is 11.4. The van der Waals surface area contributed by atoms with Gasteiger partial charge < -0.3 is 15.1 Å². The van der Waals surface area contributed by atoms with Crippen LogP contribution in [0.2, 0.25) is 0 Å². The van der Waals surface area contributed by atoms with Crippen molar-refractivity contribution in [1.82, 2.24) is 9.88 Å². The summed E-state index contributed by atoms with van der Waals surface area (Å²) in [5, 5.41) is 13.5. The zero-order valence-corrected chi connectivity index (χ0v) is 13.8. The van der Waals surface area contributed by atoms with Gasteiger partial charge in [0.05, 0.1) is 4.92 Å². The van der Waals surface area contributed by atoms with E-state index in [4.69, 9.17) is 0 Å². The number of nitrogens with zero attached hydrogens (tertiary/aromatic N) is 4. The third kappa shape index (κ3) is 4.19. The van der Waals surface area contributed by atoms with Crippen molar-refractivity contribution in [2.75, 3.05) is 31.4 Å². The first-order valence-electron chi connectivity index (χ1n) is 7.25. The van der Waals surface area contributed by atoms with Crippen molar-refractivity contribution in [3.05, 3.63) is 58.4 Å². The maximum absolute atomic E-state index is 12.3. The SMILES string of the molecule is CN(Cc1cccc(N(C)C)c1)C(=O)Nc1ccncc1[N+](=O)[O-]. The molecule has 0 fully saturated rings. The maximum atomic E-state index is 12.3. The first kappa shape index (κ1) is 17.2. The molecule has 2 rings (SSSR count). The second kappa shape index (κ2) is 7.40. The van der Waals surface area contributed by atoms with Crippen LogP contribution in [0.1, 0.15) is 5.56 Å². The predicted molar refractivity (Wildman–Crippen MR) is 92.1 cm³/mol. The molecule has 1 aromatic heterocycles. The molecule has 0 spiro atoms. The molecular weight excluding hydrogens is 310 g/mol. The zero-order valence-electron chi connectivity index (χ0n) is 13.8. The van der Waals surface area contributed by atoms with Crippen LogP contribution >= 0.6 is 0 Å². The molecular formula is C16H19N5O3. The van der Waals surface area contributed by atoms with Crippen LogP contribution < -0.4 is 10.2 Å². The van der Waals surface area contributed by atoms with Crippen LogP contribution in [-0.4, -0.2) is 42.0 Å². The molecule has 1 aromatic carbocycles. The highest BCUT2D eigenvalue weighted by Crippen LogP contribution is 2.22. The highest BCUT2D eigenvalue weighted by atomic mass is 16.6. The monoisotopic (exact) mass is 329 g/mol. The highest BCUT2D eigenvalue weighted by Gasteiger charge is 2.17. The van der Waals surface area contributed by atoms with E-state index in [2.05, 4.69) is 10.3 Å². The Bertz CT molecular complexity index is 748. The minimum atomic E-state index is -0.580. The molecule has 2 aromatic rings. The molecule has 0 saturated heterocycles. The van der Waals surface area contributed by atoms with Crippen molar-refractivity contribution in [2.24, 2.45) is 0 Å². The van der Waals surface area contributed by atoms with Gasteiger partial charge in [-0.15, -0.1) is 0 Å². The summed E-state index contributed by atoms with van der Waals surface area (Å²) in [6, 6.07) is 8.77. The Labute approximate surface area is 139 Å². The van der Waals surface area contributed by atoms with Gasteiger partial charge in [-0.25, -0.2) is 4.79 Å². The minimum absolute atomic E-state index is 0.119. The fraction of sp³-hybridized carbons (Fsp3) is 0.250. The van der Waals surface area contributed by atoms with Gasteiger partial charge in [-0.3, -0.25) is 15.1 Å². The number of nitrogens with one attached hydrogen (secondary N) is 1. The molecule has 126 valence electrons. The average Bonchev–Trinajstić information content (AvgIpc) is 2.55. The van der Waals surface area contributed by atoms with Gasteiger partial charge in [0.15, 0.2) is 0 Å². The Morgan fingerprint density at radius 2 is 2.04 bits per heavy atom. The molecule has 24 heavy (non-hydrogen) atoms. The van der Waals surface area contributed by atoms with Gasteiger partial charge in [0.1, 0.15) is 11.9 Å². The number of pyridine rings is 1. The lowest BCUT2D eigenvalue weighted by Crippen LogP contribution is -2.31. The van der Waals surface area contributed by atoms with E-state index >= 15 is 0 Å². The van der Waals surface area contributed by atoms with Crippen molar-refractivity contribution >= 4 is 23.1 Å². The van der Waals surface area contributed by atoms with Crippen molar-refractivity contribution < 1.29 is 9.72 Å². The molecule has 0 aliphatic heterocycles. The number of benzene rings is 1. The van der Waals surface area contributed by atoms with Crippen molar-refractivity contribution in [3.63, 3.8) is 0 Å². The van der Waals surface area contributed by atoms with E-state index in [1.807, 2.05) is 43.3 Å². The number of aromatic nitrogens is 1. The predicted octanol–water partition coefficient (Wildman–Crippen LogP) is 2.72. The number of urea groups is 1. The van der Waals surface area contributed by atoms with E-state index in [1.54, 1.807) is 7.05 Å². The summed E-state index contributed by atoms with van der Waals surface area (Å²) in [6.45, 7) is 0.381. The summed E-state index contributed by atoms with van der Waals surface area (Å²) >= 11 is 0. The number of hydrogen-bond acceptors (Lipinski definition) is 5. The molecule has 8 nitrogen and oxygen atoms in total. The summed E-state index contributed by atoms with van der Waals surface area (Å²) < 4.78 is 0. The lowest BCUT2D eigenvalue weighted by atomic mass is 10.2. The molecule has 8 heteroatoms. The summed E-state index contributed by atoms with van der Waals surface area (Å²) in [5.41, 5.74) is 1.87. The lowest BCUT2D eigenvalue weighted by molar-refractivity contribution is -0.384. The molecule has 0 atom stereocenters. The molecule has 0 saturated carbocycles. The first-order valence-corrected chi connectivity index (χ1v) is 7.25. The molecule has 0 aliphatic rings. The number of anilines is 2. The van der Waals surface area contributed by atoms with E-state index in [0.29, 0.717) is 6.54 Å². The van der Waals surface area contributed by atoms with E-state index in [1.165, 1.54) is 17.2 Å². The molecule has 1 N–H and O–H groups in total. The highest BCUT2D eigenvalue weighted by molar-refractivity contribution is 5.91. The fourth-order valence-electron chi connectivity index (χ4n) is 2.13. The second-order valence-electron chi connectivity index (χ2n) is 5.50. The van der Waals surface area contributed by atoms with Gasteiger partial charge >= 0.3 is 11.7 Å². The van der Waals surface area contributed by atoms with Crippen LogP contribution in [0.3, 0.4) is 0 Å². The number of carbonyl (C=O) groups is 1. The number of carbonyl (C=O) groups excluding carboxylic acids is 1. The van der Waals surface area contributed by atoms with Crippen LogP contribution in [0.5, 0.6) is 0 Å². The summed E-state index contributed by atoms with van der Waals surface area (Å²) in [7, 11) is 5.51. The average molecular weight is 329 g/mol. The summed E-state index contributed by atoms with van der Waals surface area (Å²) in [4.78, 5) is 29.8. The van der Waals surface area contributed by atoms with Crippen LogP contribution in [0.25, 0.3) is 0 Å². The number of amides is 2. The third-order valence-electron chi connectivity index (χ3n) is 3.43. The Hall–Kier alpha value is -3.16. The Morgan fingerprint density at radius 3 is 2.71 bits per heavy atom. The quantitative estimate of drug-likeness (QED) is 0.672. The normalized spacial score (nSPS) is 10.1. The largest absolute Gasteiger partial charge is 0.378 e. The number of nitro groups is 1. The molecule has 2 amide bonds. The van der Waals surface area contributed by atoms with Gasteiger partial charge in [-0.2, -0.15) is 0 Å². The molecule has 0 bridgehead atoms. The van der Waals surface area contributed by atoms with E-state index < -0.39 is 11.0 Å². The summed E-state index contributed by atoms with van der Waals surface area (Å²) in [6.07, 6.45) is 2.50. The number of hydrogen-bond donors (Lipinski definition) is 1. The molecule has 0 radical (unpaired) electrons. The minimum Gasteiger partial charge on any atom is -0.378 e. The lowest BCUT2D eigenvalue weighted by Gasteiger charge is -2.19. The van der Waals surface area contributed by atoms with Crippen LogP contribution in [-0.2, 0) is 6.54 Å². The Kier molecular flexibility index (Phi) is 5.31.